The summed E-state index contributed by atoms with van der Waals surface area (Å²) < 4.78 is 5.70. The van der Waals surface area contributed by atoms with Gasteiger partial charge in [-0.3, -0.25) is 4.99 Å². The van der Waals surface area contributed by atoms with Gasteiger partial charge in [0.2, 0.25) is 0 Å². The lowest BCUT2D eigenvalue weighted by Crippen LogP contribution is -2.44. The van der Waals surface area contributed by atoms with E-state index >= 15 is 0 Å². The molecule has 0 saturated heterocycles. The lowest BCUT2D eigenvalue weighted by atomic mass is 10.2. The summed E-state index contributed by atoms with van der Waals surface area (Å²) in [5.74, 6) is 1.81. The molecule has 2 fully saturated rings. The average Bonchev–Trinajstić information content (AvgIpc) is 3.18. The van der Waals surface area contributed by atoms with Gasteiger partial charge in [-0.25, -0.2) is 0 Å². The SMILES string of the molecule is CN=C(NCCN(C)C1CCCC1)N(C)CCOCC1CC1.I. The first kappa shape index (κ1) is 21.0. The average molecular weight is 438 g/mol. The molecule has 1 N–H and O–H groups in total. The predicted octanol–water partition coefficient (Wildman–Crippen LogP) is 2.41. The zero-order valence-electron chi connectivity index (χ0n) is 15.1. The second kappa shape index (κ2) is 11.5. The van der Waals surface area contributed by atoms with Crippen molar-refractivity contribution in [2.24, 2.45) is 10.9 Å². The molecule has 0 unspecified atom stereocenters. The van der Waals surface area contributed by atoms with Gasteiger partial charge in [0, 0.05) is 46.4 Å². The van der Waals surface area contributed by atoms with Crippen LogP contribution in [0.25, 0.3) is 0 Å². The number of halogens is 1. The quantitative estimate of drug-likeness (QED) is 0.260. The third kappa shape index (κ3) is 8.03. The summed E-state index contributed by atoms with van der Waals surface area (Å²) in [7, 11) is 6.18. The number of aliphatic imine (C=N–C) groups is 1. The standard InChI is InChI=1S/C17H34N4O.HI/c1-18-17(21(3)12-13-22-14-15-8-9-15)19-10-11-20(2)16-6-4-5-7-16;/h15-16H,4-14H2,1-3H3,(H,18,19);1H. The van der Waals surface area contributed by atoms with Gasteiger partial charge < -0.3 is 19.9 Å². The van der Waals surface area contributed by atoms with Crippen LogP contribution in [0, 0.1) is 5.92 Å². The summed E-state index contributed by atoms with van der Waals surface area (Å²) >= 11 is 0. The van der Waals surface area contributed by atoms with Crippen LogP contribution in [-0.2, 0) is 4.74 Å². The number of nitrogens with zero attached hydrogens (tertiary/aromatic N) is 3. The molecule has 0 amide bonds. The van der Waals surface area contributed by atoms with Crippen LogP contribution in [0.4, 0.5) is 0 Å². The number of hydrogen-bond donors (Lipinski definition) is 1. The van der Waals surface area contributed by atoms with Crippen molar-refractivity contribution in [3.8, 4) is 0 Å². The van der Waals surface area contributed by atoms with Crippen LogP contribution in [0.5, 0.6) is 0 Å². The highest BCUT2D eigenvalue weighted by Crippen LogP contribution is 2.28. The van der Waals surface area contributed by atoms with E-state index in [-0.39, 0.29) is 24.0 Å². The van der Waals surface area contributed by atoms with Gasteiger partial charge >= 0.3 is 0 Å². The fourth-order valence-corrected chi connectivity index (χ4v) is 3.10. The molecule has 23 heavy (non-hydrogen) atoms. The zero-order chi connectivity index (χ0) is 15.8. The van der Waals surface area contributed by atoms with Crippen LogP contribution < -0.4 is 5.32 Å². The molecule has 2 aliphatic carbocycles. The molecule has 0 radical (unpaired) electrons. The van der Waals surface area contributed by atoms with Crippen molar-refractivity contribution in [3.05, 3.63) is 0 Å². The maximum Gasteiger partial charge on any atom is 0.193 e. The third-order valence-corrected chi connectivity index (χ3v) is 4.89. The number of rotatable bonds is 9. The molecule has 2 rings (SSSR count). The summed E-state index contributed by atoms with van der Waals surface area (Å²) in [5, 5.41) is 3.46. The van der Waals surface area contributed by atoms with Gasteiger partial charge in [0.15, 0.2) is 5.96 Å². The summed E-state index contributed by atoms with van der Waals surface area (Å²) in [5.41, 5.74) is 0. The van der Waals surface area contributed by atoms with Crippen molar-refractivity contribution in [3.63, 3.8) is 0 Å². The van der Waals surface area contributed by atoms with Crippen molar-refractivity contribution in [1.82, 2.24) is 15.1 Å². The molecule has 0 bridgehead atoms. The molecule has 0 aliphatic heterocycles. The van der Waals surface area contributed by atoms with Crippen molar-refractivity contribution < 1.29 is 4.74 Å². The van der Waals surface area contributed by atoms with Crippen LogP contribution in [0.15, 0.2) is 4.99 Å². The van der Waals surface area contributed by atoms with E-state index in [1.54, 1.807) is 0 Å². The Morgan fingerprint density at radius 1 is 1.13 bits per heavy atom. The van der Waals surface area contributed by atoms with E-state index in [0.717, 1.165) is 50.8 Å². The zero-order valence-corrected chi connectivity index (χ0v) is 17.4. The molecule has 0 spiro atoms. The monoisotopic (exact) mass is 438 g/mol. The maximum absolute atomic E-state index is 5.70. The van der Waals surface area contributed by atoms with Gasteiger partial charge in [-0.15, -0.1) is 24.0 Å². The molecule has 0 atom stereocenters. The van der Waals surface area contributed by atoms with Gasteiger partial charge in [-0.2, -0.15) is 0 Å². The smallest absolute Gasteiger partial charge is 0.193 e. The van der Waals surface area contributed by atoms with Gasteiger partial charge in [0.25, 0.3) is 0 Å². The summed E-state index contributed by atoms with van der Waals surface area (Å²) in [4.78, 5) is 9.01. The lowest BCUT2D eigenvalue weighted by Gasteiger charge is -2.26. The van der Waals surface area contributed by atoms with Crippen molar-refractivity contribution in [1.29, 1.82) is 0 Å². The van der Waals surface area contributed by atoms with Crippen molar-refractivity contribution >= 4 is 29.9 Å². The Morgan fingerprint density at radius 2 is 1.83 bits per heavy atom. The fraction of sp³-hybridized carbons (Fsp3) is 0.941. The first-order valence-electron chi connectivity index (χ1n) is 8.90. The minimum Gasteiger partial charge on any atom is -0.379 e. The second-order valence-corrected chi connectivity index (χ2v) is 6.83. The minimum atomic E-state index is 0. The molecule has 2 saturated carbocycles. The lowest BCUT2D eigenvalue weighted by molar-refractivity contribution is 0.115. The summed E-state index contributed by atoms with van der Waals surface area (Å²) in [6.07, 6.45) is 8.23. The second-order valence-electron chi connectivity index (χ2n) is 6.83. The number of ether oxygens (including phenoxy) is 1. The summed E-state index contributed by atoms with van der Waals surface area (Å²) in [6, 6.07) is 0.789. The first-order valence-corrected chi connectivity index (χ1v) is 8.90. The molecule has 6 heteroatoms. The highest BCUT2D eigenvalue weighted by molar-refractivity contribution is 14.0. The topological polar surface area (TPSA) is 40.1 Å². The van der Waals surface area contributed by atoms with E-state index < -0.39 is 0 Å². The molecular formula is C17H35IN4O. The van der Waals surface area contributed by atoms with Gasteiger partial charge in [0.1, 0.15) is 0 Å². The Morgan fingerprint density at radius 3 is 2.43 bits per heavy atom. The van der Waals surface area contributed by atoms with Gasteiger partial charge in [0.05, 0.1) is 6.61 Å². The number of likely N-dealkylation sites (N-methyl/N-ethyl adjacent to an activating group) is 2. The largest absolute Gasteiger partial charge is 0.379 e. The first-order chi connectivity index (χ1) is 10.7. The number of guanidine groups is 1. The number of nitrogens with one attached hydrogen (secondary N) is 1. The van der Waals surface area contributed by atoms with E-state index in [0.29, 0.717) is 0 Å². The summed E-state index contributed by atoms with van der Waals surface area (Å²) in [6.45, 7) is 4.65. The van der Waals surface area contributed by atoms with Crippen LogP contribution in [-0.4, -0.2) is 75.8 Å². The van der Waals surface area contributed by atoms with Crippen LogP contribution >= 0.6 is 24.0 Å². The fourth-order valence-electron chi connectivity index (χ4n) is 3.10. The molecule has 0 aromatic heterocycles. The predicted molar refractivity (Wildman–Crippen MR) is 108 cm³/mol. The highest BCUT2D eigenvalue weighted by Gasteiger charge is 2.21. The molecular weight excluding hydrogens is 403 g/mol. The molecule has 5 nitrogen and oxygen atoms in total. The van der Waals surface area contributed by atoms with Gasteiger partial charge in [-0.1, -0.05) is 12.8 Å². The molecule has 0 heterocycles. The Hall–Kier alpha value is -0.0800. The number of hydrogen-bond acceptors (Lipinski definition) is 3. The molecule has 2 aliphatic rings. The Labute approximate surface area is 159 Å². The van der Waals surface area contributed by atoms with E-state index in [4.69, 9.17) is 4.74 Å². The van der Waals surface area contributed by atoms with Crippen LogP contribution in [0.1, 0.15) is 38.5 Å². The van der Waals surface area contributed by atoms with E-state index in [9.17, 15) is 0 Å². The van der Waals surface area contributed by atoms with Gasteiger partial charge in [-0.05, 0) is 38.6 Å². The molecule has 0 aromatic rings. The third-order valence-electron chi connectivity index (χ3n) is 4.89. The molecule has 136 valence electrons. The Balaban J connectivity index is 0.00000264. The van der Waals surface area contributed by atoms with Crippen LogP contribution in [0.2, 0.25) is 0 Å². The minimum absolute atomic E-state index is 0. The van der Waals surface area contributed by atoms with Crippen molar-refractivity contribution in [2.45, 2.75) is 44.6 Å². The maximum atomic E-state index is 5.70. The van der Waals surface area contributed by atoms with Crippen LogP contribution in [0.3, 0.4) is 0 Å². The normalized spacial score (nSPS) is 19.0. The molecule has 0 aromatic carbocycles. The van der Waals surface area contributed by atoms with E-state index in [1.807, 2.05) is 7.05 Å². The highest BCUT2D eigenvalue weighted by atomic mass is 127. The van der Waals surface area contributed by atoms with E-state index in [1.165, 1.54) is 38.5 Å². The van der Waals surface area contributed by atoms with E-state index in [2.05, 4.69) is 34.2 Å². The van der Waals surface area contributed by atoms with Crippen molar-refractivity contribution in [2.75, 3.05) is 54.0 Å². The Bertz CT molecular complexity index is 343. The Kier molecular flexibility index (Phi) is 10.5.